The highest BCUT2D eigenvalue weighted by molar-refractivity contribution is 6.34. The van der Waals surface area contributed by atoms with Gasteiger partial charge < -0.3 is 9.71 Å². The molecule has 2 nitrogen and oxygen atoms in total. The average molecular weight is 250 g/mol. The third kappa shape index (κ3) is 5.32. The monoisotopic (exact) mass is 250 g/mol. The zero-order valence-electron chi connectivity index (χ0n) is 12.4. The summed E-state index contributed by atoms with van der Waals surface area (Å²) in [6.45, 7) is 5.25. The van der Waals surface area contributed by atoms with Crippen molar-refractivity contribution in [1.82, 2.24) is 9.71 Å². The van der Waals surface area contributed by atoms with Crippen molar-refractivity contribution in [2.75, 3.05) is 33.2 Å². The maximum absolute atomic E-state index is 2.76. The van der Waals surface area contributed by atoms with Crippen LogP contribution in [0.2, 0.25) is 5.82 Å². The number of hydrogen-bond donors (Lipinski definition) is 0. The molecule has 1 aliphatic heterocycles. The first-order valence-corrected chi connectivity index (χ1v) is 8.25. The van der Waals surface area contributed by atoms with Crippen molar-refractivity contribution in [2.24, 2.45) is 0 Å². The average Bonchev–Trinajstić information content (AvgIpc) is 2.29. The van der Waals surface area contributed by atoms with E-state index in [1.165, 1.54) is 91.4 Å². The summed E-state index contributed by atoms with van der Waals surface area (Å²) in [5.41, 5.74) is 0. The molecule has 1 heterocycles. The van der Waals surface area contributed by atoms with E-state index in [-0.39, 0.29) is 0 Å². The lowest BCUT2D eigenvalue weighted by atomic mass is 9.67. The van der Waals surface area contributed by atoms with Crippen LogP contribution in [0.3, 0.4) is 0 Å². The van der Waals surface area contributed by atoms with Gasteiger partial charge >= 0.3 is 0 Å². The fraction of sp³-hybridized carbons (Fsp3) is 1.00. The predicted octanol–water partition coefficient (Wildman–Crippen LogP) is 2.90. The van der Waals surface area contributed by atoms with Gasteiger partial charge in [0.15, 0.2) is 0 Å². The first-order valence-electron chi connectivity index (χ1n) is 8.25. The van der Waals surface area contributed by atoms with Gasteiger partial charge in [-0.1, -0.05) is 50.8 Å². The van der Waals surface area contributed by atoms with Gasteiger partial charge in [-0.05, 0) is 46.1 Å². The summed E-state index contributed by atoms with van der Waals surface area (Å²) in [6.07, 6.45) is 13.2. The molecule has 2 aliphatic rings. The summed E-state index contributed by atoms with van der Waals surface area (Å²) in [7, 11) is 3.66. The molecule has 104 valence electrons. The number of rotatable bonds is 2. The lowest BCUT2D eigenvalue weighted by Gasteiger charge is -2.31. The number of hydrogen-bond acceptors (Lipinski definition) is 2. The Morgan fingerprint density at radius 2 is 1.28 bits per heavy atom. The summed E-state index contributed by atoms with van der Waals surface area (Å²) in [4.78, 5) is 5.26. The van der Waals surface area contributed by atoms with Crippen molar-refractivity contribution in [1.29, 1.82) is 0 Å². The Hall–Kier alpha value is -0.0151. The largest absolute Gasteiger partial charge is 0.345 e. The van der Waals surface area contributed by atoms with E-state index in [0.29, 0.717) is 0 Å². The van der Waals surface area contributed by atoms with E-state index in [1.807, 2.05) is 0 Å². The Morgan fingerprint density at radius 3 is 1.89 bits per heavy atom. The van der Waals surface area contributed by atoms with E-state index in [2.05, 4.69) is 16.8 Å². The SMILES string of the molecule is CN1CCCN(BC2CCCCCCC2)CCC1. The van der Waals surface area contributed by atoms with Gasteiger partial charge in [-0.3, -0.25) is 0 Å². The maximum Gasteiger partial charge on any atom is 0.207 e. The summed E-state index contributed by atoms with van der Waals surface area (Å²) in [5.74, 6) is 1.00. The maximum atomic E-state index is 2.76. The highest BCUT2D eigenvalue weighted by Crippen LogP contribution is 2.26. The normalized spacial score (nSPS) is 26.9. The Labute approximate surface area is 114 Å². The Kier molecular flexibility index (Phi) is 6.57. The summed E-state index contributed by atoms with van der Waals surface area (Å²) >= 11 is 0. The highest BCUT2D eigenvalue weighted by atomic mass is 15.1. The first kappa shape index (κ1) is 14.4. The predicted molar refractivity (Wildman–Crippen MR) is 81.5 cm³/mol. The molecule has 0 aromatic heterocycles. The lowest BCUT2D eigenvalue weighted by molar-refractivity contribution is 0.262. The zero-order chi connectivity index (χ0) is 12.6. The molecule has 0 aromatic rings. The van der Waals surface area contributed by atoms with Crippen LogP contribution in [0.1, 0.15) is 57.8 Å². The Morgan fingerprint density at radius 1 is 0.722 bits per heavy atom. The van der Waals surface area contributed by atoms with Crippen molar-refractivity contribution in [3.63, 3.8) is 0 Å². The van der Waals surface area contributed by atoms with Gasteiger partial charge in [0.1, 0.15) is 0 Å². The second kappa shape index (κ2) is 8.21. The van der Waals surface area contributed by atoms with Gasteiger partial charge in [0.05, 0.1) is 0 Å². The molecule has 0 bridgehead atoms. The molecule has 2 fully saturated rings. The van der Waals surface area contributed by atoms with Gasteiger partial charge in [0, 0.05) is 0 Å². The van der Waals surface area contributed by atoms with Crippen molar-refractivity contribution in [2.45, 2.75) is 63.6 Å². The zero-order valence-corrected chi connectivity index (χ0v) is 12.4. The van der Waals surface area contributed by atoms with Gasteiger partial charge in [-0.25, -0.2) is 0 Å². The van der Waals surface area contributed by atoms with Crippen LogP contribution in [-0.2, 0) is 0 Å². The molecule has 2 rings (SSSR count). The second-order valence-corrected chi connectivity index (χ2v) is 6.52. The fourth-order valence-corrected chi connectivity index (χ4v) is 3.62. The third-order valence-electron chi connectivity index (χ3n) is 4.77. The molecule has 0 N–H and O–H groups in total. The summed E-state index contributed by atoms with van der Waals surface area (Å²) < 4.78 is 0. The second-order valence-electron chi connectivity index (χ2n) is 6.52. The van der Waals surface area contributed by atoms with E-state index >= 15 is 0 Å². The lowest BCUT2D eigenvalue weighted by Crippen LogP contribution is -2.38. The molecule has 0 amide bonds. The van der Waals surface area contributed by atoms with E-state index in [0.717, 1.165) is 5.82 Å². The van der Waals surface area contributed by atoms with Crippen molar-refractivity contribution < 1.29 is 0 Å². The molecule has 1 saturated heterocycles. The summed E-state index contributed by atoms with van der Waals surface area (Å²) in [6, 6.07) is 0. The molecular weight excluding hydrogens is 219 g/mol. The van der Waals surface area contributed by atoms with Crippen LogP contribution < -0.4 is 0 Å². The minimum atomic E-state index is 1.00. The Bertz CT molecular complexity index is 205. The van der Waals surface area contributed by atoms with Gasteiger partial charge in [-0.2, -0.15) is 0 Å². The minimum Gasteiger partial charge on any atom is -0.345 e. The molecule has 0 aromatic carbocycles. The van der Waals surface area contributed by atoms with E-state index in [1.54, 1.807) is 0 Å². The van der Waals surface area contributed by atoms with Crippen molar-refractivity contribution >= 4 is 7.41 Å². The highest BCUT2D eigenvalue weighted by Gasteiger charge is 2.18. The standard InChI is InChI=1S/C15H31BN2/c1-17-11-7-13-18(14-8-12-17)16-15-9-5-3-2-4-6-10-15/h15-16H,2-14H2,1H3. The number of nitrogens with zero attached hydrogens (tertiary/aromatic N) is 2. The van der Waals surface area contributed by atoms with Crippen LogP contribution in [0, 0.1) is 0 Å². The van der Waals surface area contributed by atoms with Crippen LogP contribution >= 0.6 is 0 Å². The van der Waals surface area contributed by atoms with Gasteiger partial charge in [0.25, 0.3) is 0 Å². The van der Waals surface area contributed by atoms with E-state index in [9.17, 15) is 0 Å². The topological polar surface area (TPSA) is 6.48 Å². The molecule has 1 saturated carbocycles. The summed E-state index contributed by atoms with van der Waals surface area (Å²) in [5, 5.41) is 0. The van der Waals surface area contributed by atoms with Gasteiger partial charge in [-0.15, -0.1) is 0 Å². The fourth-order valence-electron chi connectivity index (χ4n) is 3.62. The quantitative estimate of drug-likeness (QED) is 0.695. The third-order valence-corrected chi connectivity index (χ3v) is 4.77. The van der Waals surface area contributed by atoms with E-state index < -0.39 is 0 Å². The molecule has 0 radical (unpaired) electrons. The van der Waals surface area contributed by atoms with Gasteiger partial charge in [0.2, 0.25) is 7.41 Å². The van der Waals surface area contributed by atoms with Crippen LogP contribution in [0.15, 0.2) is 0 Å². The minimum absolute atomic E-state index is 1.00. The van der Waals surface area contributed by atoms with Crippen LogP contribution in [0.25, 0.3) is 0 Å². The molecule has 0 spiro atoms. The van der Waals surface area contributed by atoms with Crippen LogP contribution in [-0.4, -0.2) is 50.4 Å². The molecular formula is C15H31BN2. The molecule has 0 atom stereocenters. The van der Waals surface area contributed by atoms with Crippen LogP contribution in [0.4, 0.5) is 0 Å². The van der Waals surface area contributed by atoms with Crippen molar-refractivity contribution in [3.05, 3.63) is 0 Å². The van der Waals surface area contributed by atoms with Crippen molar-refractivity contribution in [3.8, 4) is 0 Å². The Balaban J connectivity index is 1.72. The van der Waals surface area contributed by atoms with E-state index in [4.69, 9.17) is 0 Å². The molecule has 3 heteroatoms. The molecule has 18 heavy (non-hydrogen) atoms. The molecule has 1 aliphatic carbocycles. The smallest absolute Gasteiger partial charge is 0.207 e. The first-order chi connectivity index (χ1) is 8.84. The van der Waals surface area contributed by atoms with Crippen LogP contribution in [0.5, 0.6) is 0 Å². The molecule has 0 unspecified atom stereocenters.